The Labute approximate surface area is 395 Å². The van der Waals surface area contributed by atoms with Crippen LogP contribution in [0.1, 0.15) is 101 Å². The number of rotatable bonds is 12. The van der Waals surface area contributed by atoms with Gasteiger partial charge in [-0.25, -0.2) is 14.8 Å². The molecular formula is C52H50N8O7S. The molecule has 16 heteroatoms. The van der Waals surface area contributed by atoms with Crippen molar-refractivity contribution in [3.8, 4) is 16.9 Å². The average molecular weight is 931 g/mol. The lowest BCUT2D eigenvalue weighted by Gasteiger charge is -2.31. The van der Waals surface area contributed by atoms with Gasteiger partial charge in [-0.3, -0.25) is 34.5 Å². The molecular weight excluding hydrogens is 881 g/mol. The molecule has 7 aromatic rings. The van der Waals surface area contributed by atoms with Gasteiger partial charge in [-0.15, -0.1) is 0 Å². The highest BCUT2D eigenvalue weighted by Crippen LogP contribution is 2.38. The zero-order chi connectivity index (χ0) is 47.1. The third-order valence-corrected chi connectivity index (χ3v) is 14.6. The number of aryl methyl sites for hydroxylation is 1. The summed E-state index contributed by atoms with van der Waals surface area (Å²) in [6.07, 6.45) is 6.00. The number of nitrogens with one attached hydrogen (secondary N) is 3. The minimum atomic E-state index is -1.14. The fourth-order valence-electron chi connectivity index (χ4n) is 9.97. The maximum atomic E-state index is 13.6. The van der Waals surface area contributed by atoms with Gasteiger partial charge in [0.25, 0.3) is 5.91 Å². The SMILES string of the molecule is Cc1c(O[C@H]2CC[C@H](CCC(=O)Nc3ccc4c(C5CCC(=O)NC5=O)nn(C)c4c3)CC2)cccc1-c1ccc(N2CCc3cccc(C(=O)Nc4nc5ccccc5s4)c3C2)nc1C(=O)O. The van der Waals surface area contributed by atoms with E-state index in [4.69, 9.17) is 9.72 Å². The van der Waals surface area contributed by atoms with Gasteiger partial charge >= 0.3 is 5.97 Å². The van der Waals surface area contributed by atoms with E-state index in [1.807, 2.05) is 103 Å². The molecule has 2 fully saturated rings. The lowest BCUT2D eigenvalue weighted by atomic mass is 9.84. The highest BCUT2D eigenvalue weighted by molar-refractivity contribution is 7.22. The van der Waals surface area contributed by atoms with E-state index in [-0.39, 0.29) is 41.8 Å². The number of fused-ring (bicyclic) bond motifs is 3. The lowest BCUT2D eigenvalue weighted by molar-refractivity contribution is -0.134. The van der Waals surface area contributed by atoms with Crippen LogP contribution in [0.25, 0.3) is 32.2 Å². The number of nitrogens with zero attached hydrogens (tertiary/aromatic N) is 5. The highest BCUT2D eigenvalue weighted by atomic mass is 32.1. The molecule has 5 heterocycles. The van der Waals surface area contributed by atoms with Gasteiger partial charge in [0.05, 0.1) is 33.4 Å². The maximum absolute atomic E-state index is 13.6. The largest absolute Gasteiger partial charge is 0.490 e. The summed E-state index contributed by atoms with van der Waals surface area (Å²) in [6, 6.07) is 28.4. The van der Waals surface area contributed by atoms with Crippen molar-refractivity contribution < 1.29 is 33.8 Å². The van der Waals surface area contributed by atoms with Crippen molar-refractivity contribution in [1.29, 1.82) is 0 Å². The number of aromatic carboxylic acids is 1. The van der Waals surface area contributed by atoms with E-state index in [1.54, 1.807) is 11.7 Å². The second-order valence-electron chi connectivity index (χ2n) is 17.9. The summed E-state index contributed by atoms with van der Waals surface area (Å²) in [4.78, 5) is 75.1. The summed E-state index contributed by atoms with van der Waals surface area (Å²) in [5.41, 5.74) is 7.40. The zero-order valence-corrected chi connectivity index (χ0v) is 38.5. The molecule has 3 aliphatic rings. The molecule has 4 amide bonds. The molecule has 3 aromatic heterocycles. The van der Waals surface area contributed by atoms with Crippen LogP contribution in [0.2, 0.25) is 0 Å². The van der Waals surface area contributed by atoms with E-state index in [9.17, 15) is 29.1 Å². The van der Waals surface area contributed by atoms with Crippen LogP contribution < -0.4 is 25.6 Å². The number of aromatic nitrogens is 4. The summed E-state index contributed by atoms with van der Waals surface area (Å²) in [5.74, 6) is -0.947. The van der Waals surface area contributed by atoms with E-state index in [0.717, 1.165) is 75.5 Å². The first-order valence-corrected chi connectivity index (χ1v) is 23.9. The number of ether oxygens (including phenoxy) is 1. The zero-order valence-electron chi connectivity index (χ0n) is 37.7. The number of para-hydroxylation sites is 1. The first-order valence-electron chi connectivity index (χ1n) is 23.1. The fraction of sp³-hybridized carbons (Fsp3) is 0.308. The number of anilines is 3. The van der Waals surface area contributed by atoms with Gasteiger partial charge in [0.1, 0.15) is 11.6 Å². The first-order chi connectivity index (χ1) is 32.9. The molecule has 1 saturated carbocycles. The maximum Gasteiger partial charge on any atom is 0.355 e. The molecule has 68 heavy (non-hydrogen) atoms. The van der Waals surface area contributed by atoms with Crippen LogP contribution in [-0.2, 0) is 34.4 Å². The summed E-state index contributed by atoms with van der Waals surface area (Å²) in [6.45, 7) is 2.95. The van der Waals surface area contributed by atoms with Crippen LogP contribution in [-0.4, -0.2) is 67.1 Å². The summed E-state index contributed by atoms with van der Waals surface area (Å²) < 4.78 is 9.29. The quantitative estimate of drug-likeness (QED) is 0.0854. The second kappa shape index (κ2) is 18.7. The number of carboxylic acid groups (broad SMARTS) is 1. The number of carboxylic acids is 1. The third kappa shape index (κ3) is 9.03. The van der Waals surface area contributed by atoms with Crippen LogP contribution in [0.5, 0.6) is 5.75 Å². The van der Waals surface area contributed by atoms with Crippen LogP contribution in [0.3, 0.4) is 0 Å². The van der Waals surface area contributed by atoms with Crippen LogP contribution in [0, 0.1) is 12.8 Å². The minimum Gasteiger partial charge on any atom is -0.490 e. The number of benzene rings is 4. The summed E-state index contributed by atoms with van der Waals surface area (Å²) in [7, 11) is 1.80. The monoisotopic (exact) mass is 930 g/mol. The van der Waals surface area contributed by atoms with Gasteiger partial charge in [-0.05, 0) is 135 Å². The number of carbonyl (C=O) groups excluding carboxylic acids is 4. The Kier molecular flexibility index (Phi) is 12.2. The minimum absolute atomic E-state index is 0.0145. The predicted octanol–water partition coefficient (Wildman–Crippen LogP) is 8.94. The molecule has 0 radical (unpaired) electrons. The normalized spacial score (nSPS) is 18.3. The van der Waals surface area contributed by atoms with E-state index in [2.05, 4.69) is 26.0 Å². The van der Waals surface area contributed by atoms with E-state index < -0.39 is 11.9 Å². The van der Waals surface area contributed by atoms with Gasteiger partial charge < -0.3 is 20.1 Å². The topological polar surface area (TPSA) is 198 Å². The molecule has 10 rings (SSSR count). The van der Waals surface area contributed by atoms with Gasteiger partial charge in [-0.1, -0.05) is 47.7 Å². The predicted molar refractivity (Wildman–Crippen MR) is 260 cm³/mol. The molecule has 4 aromatic carbocycles. The molecule has 1 atom stereocenters. The Balaban J connectivity index is 0.749. The van der Waals surface area contributed by atoms with Crippen LogP contribution in [0.4, 0.5) is 16.6 Å². The number of hydrogen-bond acceptors (Lipinski definition) is 11. The number of hydrogen-bond donors (Lipinski definition) is 4. The van der Waals surface area contributed by atoms with Gasteiger partial charge in [-0.2, -0.15) is 5.10 Å². The Morgan fingerprint density at radius 3 is 2.51 bits per heavy atom. The Bertz CT molecular complexity index is 3120. The number of amides is 4. The number of imide groups is 1. The number of thiazole rings is 1. The van der Waals surface area contributed by atoms with Crippen LogP contribution >= 0.6 is 11.3 Å². The molecule has 2 aliphatic heterocycles. The lowest BCUT2D eigenvalue weighted by Crippen LogP contribution is -2.39. The summed E-state index contributed by atoms with van der Waals surface area (Å²) in [5, 5.41) is 24.9. The Morgan fingerprint density at radius 2 is 1.71 bits per heavy atom. The van der Waals surface area contributed by atoms with E-state index in [1.165, 1.54) is 11.3 Å². The number of carbonyl (C=O) groups is 5. The Morgan fingerprint density at radius 1 is 0.882 bits per heavy atom. The molecule has 1 unspecified atom stereocenters. The standard InChI is InChI=1S/C52H50N8O7S/c1-29-34(35-20-22-44(55-48(35)51(65)66)60-26-25-31-7-5-9-36(39(31)28-60)49(63)57-52-54-40-10-3-4-12-43(40)68-52)8-6-11-42(29)67-33-17-13-30(14-18-33)15-23-45(61)53-32-16-19-37-41(27-32)59(2)58-47(37)38-21-24-46(62)56-50(38)64/h3-12,16,19-20,22,27,30,33,38H,13-15,17-18,21,23-26,28H2,1-2H3,(H,53,61)(H,65,66)(H,54,57,63)(H,56,62,64)/t30-,33-,38?. The van der Waals surface area contributed by atoms with Gasteiger partial charge in [0.15, 0.2) is 10.8 Å². The smallest absolute Gasteiger partial charge is 0.355 e. The van der Waals surface area contributed by atoms with Crippen molar-refractivity contribution in [3.63, 3.8) is 0 Å². The molecule has 1 saturated heterocycles. The van der Waals surface area contributed by atoms with Crippen molar-refractivity contribution in [2.75, 3.05) is 22.1 Å². The number of piperidine rings is 1. The number of pyridine rings is 1. The molecule has 346 valence electrons. The van der Waals surface area contributed by atoms with Gasteiger partial charge in [0.2, 0.25) is 17.7 Å². The fourth-order valence-corrected chi connectivity index (χ4v) is 10.8. The van der Waals surface area contributed by atoms with Crippen molar-refractivity contribution >= 4 is 78.7 Å². The molecule has 15 nitrogen and oxygen atoms in total. The van der Waals surface area contributed by atoms with E-state index >= 15 is 0 Å². The summed E-state index contributed by atoms with van der Waals surface area (Å²) >= 11 is 1.42. The van der Waals surface area contributed by atoms with Crippen molar-refractivity contribution in [2.45, 2.75) is 83.3 Å². The molecule has 0 spiro atoms. The molecule has 0 bridgehead atoms. The van der Waals surface area contributed by atoms with Crippen LogP contribution in [0.15, 0.2) is 91.0 Å². The van der Waals surface area contributed by atoms with E-state index in [0.29, 0.717) is 77.5 Å². The highest BCUT2D eigenvalue weighted by Gasteiger charge is 2.32. The molecule has 1 aliphatic carbocycles. The average Bonchev–Trinajstić information content (AvgIpc) is 3.90. The van der Waals surface area contributed by atoms with Crippen molar-refractivity contribution in [2.24, 2.45) is 13.0 Å². The Hall–Kier alpha value is -7.46. The van der Waals surface area contributed by atoms with Crippen molar-refractivity contribution in [3.05, 3.63) is 125 Å². The second-order valence-corrected chi connectivity index (χ2v) is 19.0. The third-order valence-electron chi connectivity index (χ3n) is 13.6. The molecule has 4 N–H and O–H groups in total. The first kappa shape index (κ1) is 44.4. The van der Waals surface area contributed by atoms with Crippen molar-refractivity contribution in [1.82, 2.24) is 25.1 Å². The van der Waals surface area contributed by atoms with Gasteiger partial charge in [0, 0.05) is 55.2 Å².